The molecule has 1 rings (SSSR count). The Labute approximate surface area is 70.4 Å². The van der Waals surface area contributed by atoms with E-state index in [4.69, 9.17) is 5.26 Å². The molecule has 0 aliphatic rings. The minimum Gasteiger partial charge on any atom is -0.289 e. The van der Waals surface area contributed by atoms with Gasteiger partial charge in [0, 0.05) is 5.56 Å². The average molecular weight is 155 g/mol. The van der Waals surface area contributed by atoms with E-state index in [9.17, 15) is 4.79 Å². The van der Waals surface area contributed by atoms with Crippen molar-refractivity contribution < 1.29 is 4.79 Å². The molecule has 1 aromatic carbocycles. The maximum atomic E-state index is 9.88. The lowest BCUT2D eigenvalue weighted by atomic mass is 10.1. The number of carbonyl (C=O) groups is 1. The van der Waals surface area contributed by atoms with Crippen molar-refractivity contribution in [2.45, 2.75) is 0 Å². The molecule has 12 heavy (non-hydrogen) atoms. The third kappa shape index (κ3) is 1.97. The van der Waals surface area contributed by atoms with Crippen LogP contribution in [0.5, 0.6) is 0 Å². The zero-order chi connectivity index (χ0) is 8.81. The van der Waals surface area contributed by atoms with Gasteiger partial charge in [0.15, 0.2) is 6.29 Å². The third-order valence-electron chi connectivity index (χ3n) is 1.29. The summed E-state index contributed by atoms with van der Waals surface area (Å²) in [5.74, 6) is 4.91. The van der Waals surface area contributed by atoms with E-state index >= 15 is 0 Å². The second-order valence-electron chi connectivity index (χ2n) is 2.08. The predicted octanol–water partition coefficient (Wildman–Crippen LogP) is 1.11. The Kier molecular flexibility index (Phi) is 2.65. The number of aldehydes is 1. The molecule has 0 aliphatic carbocycles. The summed E-state index contributed by atoms with van der Waals surface area (Å²) in [7, 11) is 0. The zero-order valence-electron chi connectivity index (χ0n) is 6.24. The molecule has 1 aromatic rings. The predicted molar refractivity (Wildman–Crippen MR) is 44.1 cm³/mol. The zero-order valence-corrected chi connectivity index (χ0v) is 6.24. The first kappa shape index (κ1) is 8.04. The van der Waals surface area contributed by atoms with Crippen LogP contribution < -0.4 is 0 Å². The van der Waals surface area contributed by atoms with Gasteiger partial charge in [-0.15, -0.1) is 0 Å². The number of hydrogen-bond donors (Lipinski definition) is 0. The van der Waals surface area contributed by atoms with Crippen LogP contribution in [-0.2, 0) is 4.79 Å². The Hall–Kier alpha value is -2.06. The van der Waals surface area contributed by atoms with Crippen LogP contribution in [0.1, 0.15) is 11.1 Å². The van der Waals surface area contributed by atoms with Crippen molar-refractivity contribution in [1.29, 1.82) is 5.26 Å². The Balaban J connectivity index is 2.94. The van der Waals surface area contributed by atoms with E-state index in [0.717, 1.165) is 5.56 Å². The quantitative estimate of drug-likeness (QED) is 0.416. The van der Waals surface area contributed by atoms with E-state index in [0.29, 0.717) is 11.8 Å². The van der Waals surface area contributed by atoms with Crippen LogP contribution >= 0.6 is 0 Å². The van der Waals surface area contributed by atoms with Gasteiger partial charge < -0.3 is 0 Å². The number of carbonyl (C=O) groups excluding carboxylic acids is 1. The summed E-state index contributed by atoms with van der Waals surface area (Å²) in [5, 5.41) is 8.46. The molecule has 0 aliphatic heterocycles. The largest absolute Gasteiger partial charge is 0.289 e. The van der Waals surface area contributed by atoms with Gasteiger partial charge in [0.2, 0.25) is 0 Å². The Bertz CT molecular complexity index is 373. The molecule has 0 N–H and O–H groups in total. The summed E-state index contributed by atoms with van der Waals surface area (Å²) in [6, 6.07) is 8.72. The smallest absolute Gasteiger partial charge is 0.193 e. The molecule has 2 heteroatoms. The molecule has 0 saturated heterocycles. The number of nitrogens with zero attached hydrogens (tertiary/aromatic N) is 1. The van der Waals surface area contributed by atoms with Crippen LogP contribution in [0.2, 0.25) is 0 Å². The fourth-order valence-electron chi connectivity index (χ4n) is 0.741. The summed E-state index contributed by atoms with van der Waals surface area (Å²) in [4.78, 5) is 9.88. The molecule has 0 amide bonds. The van der Waals surface area contributed by atoms with Crippen LogP contribution in [0, 0.1) is 23.2 Å². The van der Waals surface area contributed by atoms with Gasteiger partial charge in [0.1, 0.15) is 0 Å². The molecule has 0 bridgehead atoms. The lowest BCUT2D eigenvalue weighted by Gasteiger charge is -1.88. The van der Waals surface area contributed by atoms with E-state index in [2.05, 4.69) is 11.8 Å². The minimum absolute atomic E-state index is 0.540. The molecule has 0 fully saturated rings. The van der Waals surface area contributed by atoms with Crippen LogP contribution in [0.3, 0.4) is 0 Å². The van der Waals surface area contributed by atoms with Crippen molar-refractivity contribution in [2.24, 2.45) is 0 Å². The molecule has 0 unspecified atom stereocenters. The first-order valence-corrected chi connectivity index (χ1v) is 3.32. The van der Waals surface area contributed by atoms with Crippen molar-refractivity contribution in [3.63, 3.8) is 0 Å². The maximum Gasteiger partial charge on any atom is 0.193 e. The van der Waals surface area contributed by atoms with E-state index in [1.807, 2.05) is 6.07 Å². The molecule has 0 spiro atoms. The highest BCUT2D eigenvalue weighted by Crippen LogP contribution is 2.00. The van der Waals surface area contributed by atoms with Gasteiger partial charge in [-0.2, -0.15) is 5.26 Å². The monoisotopic (exact) mass is 155 g/mol. The fraction of sp³-hybridized carbons (Fsp3) is 0. The van der Waals surface area contributed by atoms with Crippen molar-refractivity contribution in [1.82, 2.24) is 0 Å². The molecule has 56 valence electrons. The normalized spacial score (nSPS) is 7.58. The lowest BCUT2D eigenvalue weighted by Crippen LogP contribution is -1.76. The first-order chi connectivity index (χ1) is 5.86. The summed E-state index contributed by atoms with van der Waals surface area (Å²) < 4.78 is 0. The van der Waals surface area contributed by atoms with Gasteiger partial charge in [0.05, 0.1) is 11.6 Å². The SMILES string of the molecule is N#Cc1ccc(C#CC=O)cc1. The molecular weight excluding hydrogens is 150 g/mol. The van der Waals surface area contributed by atoms with Gasteiger partial charge in [-0.25, -0.2) is 0 Å². The van der Waals surface area contributed by atoms with E-state index in [1.54, 1.807) is 24.3 Å². The lowest BCUT2D eigenvalue weighted by molar-refractivity contribution is -0.103. The van der Waals surface area contributed by atoms with Crippen LogP contribution in [0.25, 0.3) is 0 Å². The Morgan fingerprint density at radius 3 is 2.25 bits per heavy atom. The molecule has 0 radical (unpaired) electrons. The summed E-state index contributed by atoms with van der Waals surface area (Å²) >= 11 is 0. The van der Waals surface area contributed by atoms with Crippen molar-refractivity contribution >= 4 is 6.29 Å². The highest BCUT2D eigenvalue weighted by molar-refractivity contribution is 5.73. The van der Waals surface area contributed by atoms with Gasteiger partial charge in [0.25, 0.3) is 0 Å². The second-order valence-corrected chi connectivity index (χ2v) is 2.08. The highest BCUT2D eigenvalue weighted by Gasteiger charge is 1.88. The molecule has 0 saturated carbocycles. The van der Waals surface area contributed by atoms with Crippen molar-refractivity contribution in [3.05, 3.63) is 35.4 Å². The summed E-state index contributed by atoms with van der Waals surface area (Å²) in [6.45, 7) is 0. The average Bonchev–Trinajstić information content (AvgIpc) is 2.15. The number of benzene rings is 1. The van der Waals surface area contributed by atoms with Crippen LogP contribution in [-0.4, -0.2) is 6.29 Å². The Morgan fingerprint density at radius 2 is 1.75 bits per heavy atom. The topological polar surface area (TPSA) is 40.9 Å². The number of hydrogen-bond acceptors (Lipinski definition) is 2. The summed E-state index contributed by atoms with van der Waals surface area (Å²) in [6.07, 6.45) is 0.540. The summed E-state index contributed by atoms with van der Waals surface area (Å²) in [5.41, 5.74) is 1.33. The number of nitriles is 1. The molecular formula is C10H5NO. The van der Waals surface area contributed by atoms with Crippen LogP contribution in [0.15, 0.2) is 24.3 Å². The van der Waals surface area contributed by atoms with E-state index in [1.165, 1.54) is 0 Å². The first-order valence-electron chi connectivity index (χ1n) is 3.32. The molecule has 0 aromatic heterocycles. The van der Waals surface area contributed by atoms with Gasteiger partial charge in [-0.3, -0.25) is 4.79 Å². The standard InChI is InChI=1S/C10H5NO/c11-8-10-5-3-9(4-6-10)2-1-7-12/h3-7H. The molecule has 0 heterocycles. The number of rotatable bonds is 0. The Morgan fingerprint density at radius 1 is 1.17 bits per heavy atom. The van der Waals surface area contributed by atoms with Gasteiger partial charge >= 0.3 is 0 Å². The maximum absolute atomic E-state index is 9.88. The van der Waals surface area contributed by atoms with Gasteiger partial charge in [-0.1, -0.05) is 5.92 Å². The van der Waals surface area contributed by atoms with E-state index < -0.39 is 0 Å². The van der Waals surface area contributed by atoms with Crippen molar-refractivity contribution in [2.75, 3.05) is 0 Å². The second kappa shape index (κ2) is 3.95. The molecule has 0 atom stereocenters. The van der Waals surface area contributed by atoms with Gasteiger partial charge in [-0.05, 0) is 30.2 Å². The fourth-order valence-corrected chi connectivity index (χ4v) is 0.741. The molecule has 2 nitrogen and oxygen atoms in total. The third-order valence-corrected chi connectivity index (χ3v) is 1.29. The van der Waals surface area contributed by atoms with E-state index in [-0.39, 0.29) is 0 Å². The van der Waals surface area contributed by atoms with Crippen molar-refractivity contribution in [3.8, 4) is 17.9 Å². The highest BCUT2D eigenvalue weighted by atomic mass is 16.1. The van der Waals surface area contributed by atoms with Crippen LogP contribution in [0.4, 0.5) is 0 Å². The minimum atomic E-state index is 0.540.